The van der Waals surface area contributed by atoms with E-state index in [1.807, 2.05) is 32.3 Å². The zero-order chi connectivity index (χ0) is 19.1. The molecule has 1 N–H and O–H groups in total. The van der Waals surface area contributed by atoms with Crippen LogP contribution in [0.25, 0.3) is 0 Å². The Morgan fingerprint density at radius 2 is 2.24 bits per heavy atom. The summed E-state index contributed by atoms with van der Waals surface area (Å²) in [4.78, 5) is 14.0. The van der Waals surface area contributed by atoms with Crippen LogP contribution in [0.4, 0.5) is 0 Å². The maximum Gasteiger partial charge on any atom is 0.293 e. The molecular weight excluding hydrogens is 334 g/mol. The Morgan fingerprint density at radius 1 is 1.56 bits per heavy atom. The van der Waals surface area contributed by atoms with Gasteiger partial charge in [0, 0.05) is 29.5 Å². The topological polar surface area (TPSA) is 75.0 Å². The number of hydrogen-bond acceptors (Lipinski definition) is 6. The Balaban J connectivity index is 0.000000381. The molecule has 0 aliphatic carbocycles. The third kappa shape index (κ3) is 7.13. The van der Waals surface area contributed by atoms with Gasteiger partial charge < -0.3 is 10.1 Å². The predicted octanol–water partition coefficient (Wildman–Crippen LogP) is 4.47. The fourth-order valence-electron chi connectivity index (χ4n) is 3.14. The van der Waals surface area contributed by atoms with Gasteiger partial charge >= 0.3 is 0 Å². The highest BCUT2D eigenvalue weighted by Gasteiger charge is 2.45. The molecule has 25 heavy (non-hydrogen) atoms. The first kappa shape index (κ1) is 21.6. The SMILES string of the molecule is CC(C)(C)OC=O.CC(C)CC1C[C@@](C)(CC#N)C(c2nccs2)N1. The minimum atomic E-state index is -0.318. The molecule has 140 valence electrons. The highest BCUT2D eigenvalue weighted by molar-refractivity contribution is 7.09. The van der Waals surface area contributed by atoms with Crippen LogP contribution in [0.2, 0.25) is 0 Å². The van der Waals surface area contributed by atoms with Gasteiger partial charge in [-0.05, 0) is 39.5 Å². The van der Waals surface area contributed by atoms with Crippen molar-refractivity contribution >= 4 is 17.8 Å². The van der Waals surface area contributed by atoms with E-state index in [-0.39, 0.29) is 17.1 Å². The second-order valence-electron chi connectivity index (χ2n) is 8.32. The number of carbonyl (C=O) groups is 1. The zero-order valence-electron chi connectivity index (χ0n) is 16.2. The number of thiazole rings is 1. The number of hydrogen-bond donors (Lipinski definition) is 1. The van der Waals surface area contributed by atoms with Crippen molar-refractivity contribution < 1.29 is 9.53 Å². The van der Waals surface area contributed by atoms with E-state index >= 15 is 0 Å². The molecule has 1 fully saturated rings. The van der Waals surface area contributed by atoms with Gasteiger partial charge in [-0.1, -0.05) is 20.8 Å². The smallest absolute Gasteiger partial charge is 0.293 e. The zero-order valence-corrected chi connectivity index (χ0v) is 17.0. The van der Waals surface area contributed by atoms with Gasteiger partial charge in [0.1, 0.15) is 10.6 Å². The van der Waals surface area contributed by atoms with Gasteiger partial charge in [-0.3, -0.25) is 4.79 Å². The molecule has 2 heterocycles. The van der Waals surface area contributed by atoms with Crippen molar-refractivity contribution in [3.63, 3.8) is 0 Å². The number of nitrogens with zero attached hydrogens (tertiary/aromatic N) is 2. The van der Waals surface area contributed by atoms with Crippen molar-refractivity contribution in [2.45, 2.75) is 78.5 Å². The maximum atomic E-state index is 9.60. The summed E-state index contributed by atoms with van der Waals surface area (Å²) >= 11 is 1.69. The average Bonchev–Trinajstić information content (AvgIpc) is 3.05. The largest absolute Gasteiger partial charge is 0.462 e. The molecule has 2 rings (SSSR count). The molecule has 1 saturated heterocycles. The average molecular weight is 366 g/mol. The van der Waals surface area contributed by atoms with Crippen LogP contribution >= 0.6 is 11.3 Å². The van der Waals surface area contributed by atoms with Crippen molar-refractivity contribution in [1.82, 2.24) is 10.3 Å². The molecular formula is C19H31N3O2S. The van der Waals surface area contributed by atoms with E-state index in [0.29, 0.717) is 24.9 Å². The number of rotatable bonds is 5. The van der Waals surface area contributed by atoms with E-state index < -0.39 is 0 Å². The lowest BCUT2D eigenvalue weighted by atomic mass is 9.78. The quantitative estimate of drug-likeness (QED) is 0.779. The van der Waals surface area contributed by atoms with Crippen LogP contribution in [-0.2, 0) is 9.53 Å². The Hall–Kier alpha value is -1.45. The second kappa shape index (κ2) is 9.30. The van der Waals surface area contributed by atoms with Crippen molar-refractivity contribution in [3.05, 3.63) is 16.6 Å². The molecule has 1 aromatic heterocycles. The fourth-order valence-corrected chi connectivity index (χ4v) is 4.01. The molecule has 1 aliphatic rings. The summed E-state index contributed by atoms with van der Waals surface area (Å²) < 4.78 is 4.55. The molecule has 1 aliphatic heterocycles. The van der Waals surface area contributed by atoms with Gasteiger partial charge in [0.05, 0.1) is 12.1 Å². The highest BCUT2D eigenvalue weighted by Crippen LogP contribution is 2.47. The van der Waals surface area contributed by atoms with Gasteiger partial charge in [0.25, 0.3) is 6.47 Å². The van der Waals surface area contributed by atoms with E-state index in [1.54, 1.807) is 11.3 Å². The van der Waals surface area contributed by atoms with Crippen molar-refractivity contribution in [2.24, 2.45) is 11.3 Å². The summed E-state index contributed by atoms with van der Waals surface area (Å²) in [5.41, 5.74) is -0.298. The number of nitrogens with one attached hydrogen (secondary N) is 1. The molecule has 0 bridgehead atoms. The standard InChI is InChI=1S/C14H21N3S.C5H10O2/c1-10(2)8-11-9-14(3,4-5-15)12(17-11)13-16-6-7-18-13;1-5(2,3)7-4-6/h6-7,10-12,17H,4,8-9H2,1-3H3;4H,1-3H3/t11?,12?,14-;/m1./s1. The summed E-state index contributed by atoms with van der Waals surface area (Å²) in [6.45, 7) is 12.6. The van der Waals surface area contributed by atoms with E-state index in [1.165, 1.54) is 6.42 Å². The van der Waals surface area contributed by atoms with E-state index in [2.05, 4.69) is 41.9 Å². The first-order valence-corrected chi connectivity index (χ1v) is 9.63. The van der Waals surface area contributed by atoms with Crippen LogP contribution in [0, 0.1) is 22.7 Å². The van der Waals surface area contributed by atoms with Crippen LogP contribution in [0.1, 0.15) is 71.9 Å². The van der Waals surface area contributed by atoms with Gasteiger partial charge in [-0.2, -0.15) is 5.26 Å². The monoisotopic (exact) mass is 365 g/mol. The summed E-state index contributed by atoms with van der Waals surface area (Å²) in [5, 5.41) is 15.9. The normalized spacial score (nSPS) is 25.8. The Bertz CT molecular complexity index is 560. The molecule has 0 saturated carbocycles. The van der Waals surface area contributed by atoms with Crippen molar-refractivity contribution in [2.75, 3.05) is 0 Å². The Kier molecular flexibility index (Phi) is 8.04. The Labute approximate surface area is 155 Å². The number of carbonyl (C=O) groups excluding carboxylic acids is 1. The van der Waals surface area contributed by atoms with E-state index in [9.17, 15) is 4.79 Å². The molecule has 0 radical (unpaired) electrons. The molecule has 0 spiro atoms. The molecule has 2 unspecified atom stereocenters. The summed E-state index contributed by atoms with van der Waals surface area (Å²) in [6.07, 6.45) is 4.69. The van der Waals surface area contributed by atoms with E-state index in [0.717, 1.165) is 11.4 Å². The van der Waals surface area contributed by atoms with Crippen LogP contribution in [0.5, 0.6) is 0 Å². The predicted molar refractivity (Wildman–Crippen MR) is 101 cm³/mol. The van der Waals surface area contributed by atoms with Gasteiger partial charge in [-0.25, -0.2) is 4.98 Å². The molecule has 0 amide bonds. The summed E-state index contributed by atoms with van der Waals surface area (Å²) in [7, 11) is 0. The minimum Gasteiger partial charge on any atom is -0.462 e. The van der Waals surface area contributed by atoms with E-state index in [4.69, 9.17) is 5.26 Å². The van der Waals surface area contributed by atoms with Gasteiger partial charge in [0.15, 0.2) is 0 Å². The van der Waals surface area contributed by atoms with Crippen LogP contribution in [0.15, 0.2) is 11.6 Å². The minimum absolute atomic E-state index is 0.0200. The molecule has 3 atom stereocenters. The third-order valence-electron chi connectivity index (χ3n) is 4.15. The number of ether oxygens (including phenoxy) is 1. The van der Waals surface area contributed by atoms with Crippen molar-refractivity contribution in [1.29, 1.82) is 5.26 Å². The first-order chi connectivity index (χ1) is 11.6. The van der Waals surface area contributed by atoms with Gasteiger partial charge in [-0.15, -0.1) is 11.3 Å². The summed E-state index contributed by atoms with van der Waals surface area (Å²) in [6, 6.07) is 3.10. The van der Waals surface area contributed by atoms with Crippen LogP contribution in [0.3, 0.4) is 0 Å². The lowest BCUT2D eigenvalue weighted by Crippen LogP contribution is -2.28. The summed E-state index contributed by atoms with van der Waals surface area (Å²) in [5.74, 6) is 0.684. The van der Waals surface area contributed by atoms with Crippen molar-refractivity contribution in [3.8, 4) is 6.07 Å². The lowest BCUT2D eigenvalue weighted by molar-refractivity contribution is -0.138. The highest BCUT2D eigenvalue weighted by atomic mass is 32.1. The second-order valence-corrected chi connectivity index (χ2v) is 9.24. The first-order valence-electron chi connectivity index (χ1n) is 8.75. The van der Waals surface area contributed by atoms with Crippen LogP contribution < -0.4 is 5.32 Å². The number of nitriles is 1. The fraction of sp³-hybridized carbons (Fsp3) is 0.737. The molecule has 6 heteroatoms. The Morgan fingerprint density at radius 3 is 2.64 bits per heavy atom. The third-order valence-corrected chi connectivity index (χ3v) is 4.99. The van der Waals surface area contributed by atoms with Gasteiger partial charge in [0.2, 0.25) is 0 Å². The molecule has 0 aromatic carbocycles. The molecule has 5 nitrogen and oxygen atoms in total. The lowest BCUT2D eigenvalue weighted by Gasteiger charge is -2.26. The number of aromatic nitrogens is 1. The maximum absolute atomic E-state index is 9.60. The molecule has 1 aromatic rings. The van der Waals surface area contributed by atoms with Crippen LogP contribution in [-0.4, -0.2) is 23.1 Å².